The summed E-state index contributed by atoms with van der Waals surface area (Å²) < 4.78 is 0. The second kappa shape index (κ2) is 5.22. The summed E-state index contributed by atoms with van der Waals surface area (Å²) in [4.78, 5) is 16.3. The van der Waals surface area contributed by atoms with Crippen LogP contribution in [0.15, 0.2) is 18.3 Å². The number of aryl methyl sites for hydroxylation is 2. The van der Waals surface area contributed by atoms with Crippen molar-refractivity contribution in [2.24, 2.45) is 0 Å². The molecule has 5 nitrogen and oxygen atoms in total. The highest BCUT2D eigenvalue weighted by atomic mass is 16.1. The molecule has 2 aromatic heterocycles. The first-order chi connectivity index (χ1) is 8.99. The standard InChI is InChI=1S/C14H18N4O/c1-8(2)16-14(19)11-5-6-15-12(7-11)13-9(3)17-18-10(13)4/h5-8H,1-4H3,(H,16,19)(H,17,18). The Hall–Kier alpha value is -2.17. The molecule has 0 aliphatic rings. The van der Waals surface area contributed by atoms with Gasteiger partial charge in [-0.05, 0) is 39.8 Å². The number of pyridine rings is 1. The van der Waals surface area contributed by atoms with E-state index in [-0.39, 0.29) is 11.9 Å². The second-order valence-electron chi connectivity index (χ2n) is 4.87. The zero-order valence-electron chi connectivity index (χ0n) is 11.6. The highest BCUT2D eigenvalue weighted by Gasteiger charge is 2.13. The molecule has 0 unspecified atom stereocenters. The van der Waals surface area contributed by atoms with Gasteiger partial charge in [0.25, 0.3) is 5.91 Å². The third-order valence-corrected chi connectivity index (χ3v) is 2.83. The molecule has 19 heavy (non-hydrogen) atoms. The Morgan fingerprint density at radius 2 is 2.11 bits per heavy atom. The van der Waals surface area contributed by atoms with Gasteiger partial charge in [-0.15, -0.1) is 0 Å². The van der Waals surface area contributed by atoms with E-state index in [9.17, 15) is 4.79 Å². The van der Waals surface area contributed by atoms with Crippen LogP contribution >= 0.6 is 0 Å². The minimum Gasteiger partial charge on any atom is -0.350 e. The predicted octanol–water partition coefficient (Wildman–Crippen LogP) is 2.23. The van der Waals surface area contributed by atoms with Crippen molar-refractivity contribution in [2.75, 3.05) is 0 Å². The molecule has 0 aliphatic heterocycles. The Balaban J connectivity index is 2.37. The van der Waals surface area contributed by atoms with Gasteiger partial charge in [0, 0.05) is 29.1 Å². The van der Waals surface area contributed by atoms with Crippen LogP contribution in [-0.2, 0) is 0 Å². The fraction of sp³-hybridized carbons (Fsp3) is 0.357. The topological polar surface area (TPSA) is 70.7 Å². The molecule has 1 amide bonds. The van der Waals surface area contributed by atoms with E-state index in [0.717, 1.165) is 22.6 Å². The van der Waals surface area contributed by atoms with Crippen LogP contribution in [0.1, 0.15) is 35.6 Å². The van der Waals surface area contributed by atoms with Crippen LogP contribution in [0, 0.1) is 13.8 Å². The molecule has 0 saturated heterocycles. The van der Waals surface area contributed by atoms with Gasteiger partial charge >= 0.3 is 0 Å². The van der Waals surface area contributed by atoms with Crippen molar-refractivity contribution in [3.05, 3.63) is 35.3 Å². The highest BCUT2D eigenvalue weighted by Crippen LogP contribution is 2.23. The van der Waals surface area contributed by atoms with E-state index in [1.807, 2.05) is 27.7 Å². The highest BCUT2D eigenvalue weighted by molar-refractivity contribution is 5.95. The van der Waals surface area contributed by atoms with Gasteiger partial charge in [-0.2, -0.15) is 5.10 Å². The summed E-state index contributed by atoms with van der Waals surface area (Å²) in [6.45, 7) is 7.73. The molecule has 2 heterocycles. The maximum Gasteiger partial charge on any atom is 0.251 e. The van der Waals surface area contributed by atoms with E-state index in [0.29, 0.717) is 5.56 Å². The van der Waals surface area contributed by atoms with Crippen LogP contribution in [0.25, 0.3) is 11.3 Å². The van der Waals surface area contributed by atoms with Gasteiger partial charge in [0.15, 0.2) is 0 Å². The molecule has 2 N–H and O–H groups in total. The number of nitrogens with one attached hydrogen (secondary N) is 2. The van der Waals surface area contributed by atoms with E-state index in [1.54, 1.807) is 18.3 Å². The third kappa shape index (κ3) is 2.81. The van der Waals surface area contributed by atoms with E-state index in [1.165, 1.54) is 0 Å². The Kier molecular flexibility index (Phi) is 3.64. The zero-order valence-corrected chi connectivity index (χ0v) is 11.6. The normalized spacial score (nSPS) is 10.8. The number of aromatic amines is 1. The quantitative estimate of drug-likeness (QED) is 0.886. The smallest absolute Gasteiger partial charge is 0.251 e. The Morgan fingerprint density at radius 3 is 2.68 bits per heavy atom. The molecule has 0 radical (unpaired) electrons. The maximum absolute atomic E-state index is 12.0. The summed E-state index contributed by atoms with van der Waals surface area (Å²) in [5.74, 6) is -0.0857. The largest absolute Gasteiger partial charge is 0.350 e. The number of hydrogen-bond acceptors (Lipinski definition) is 3. The molecule has 2 rings (SSSR count). The van der Waals surface area contributed by atoms with Crippen LogP contribution in [-0.4, -0.2) is 27.1 Å². The molecule has 0 atom stereocenters. The van der Waals surface area contributed by atoms with Crippen LogP contribution in [0.4, 0.5) is 0 Å². The number of aromatic nitrogens is 3. The number of nitrogens with zero attached hydrogens (tertiary/aromatic N) is 2. The molecule has 2 aromatic rings. The first kappa shape index (κ1) is 13.3. The number of carbonyl (C=O) groups excluding carboxylic acids is 1. The van der Waals surface area contributed by atoms with Crippen LogP contribution in [0.5, 0.6) is 0 Å². The fourth-order valence-electron chi connectivity index (χ4n) is 1.98. The SMILES string of the molecule is Cc1n[nH]c(C)c1-c1cc(C(=O)NC(C)C)ccn1. The number of rotatable bonds is 3. The minimum atomic E-state index is -0.0857. The van der Waals surface area contributed by atoms with E-state index in [2.05, 4.69) is 20.5 Å². The van der Waals surface area contributed by atoms with Crippen molar-refractivity contribution < 1.29 is 4.79 Å². The van der Waals surface area contributed by atoms with Crippen molar-refractivity contribution in [1.29, 1.82) is 0 Å². The number of hydrogen-bond donors (Lipinski definition) is 2. The van der Waals surface area contributed by atoms with Crippen molar-refractivity contribution in [3.8, 4) is 11.3 Å². The number of H-pyrrole nitrogens is 1. The van der Waals surface area contributed by atoms with Crippen molar-refractivity contribution >= 4 is 5.91 Å². The van der Waals surface area contributed by atoms with E-state index in [4.69, 9.17) is 0 Å². The fourth-order valence-corrected chi connectivity index (χ4v) is 1.98. The maximum atomic E-state index is 12.0. The average Bonchev–Trinajstić information content (AvgIpc) is 2.68. The number of amides is 1. The lowest BCUT2D eigenvalue weighted by molar-refractivity contribution is 0.0943. The first-order valence-corrected chi connectivity index (χ1v) is 6.28. The summed E-state index contributed by atoms with van der Waals surface area (Å²) in [5.41, 5.74) is 4.16. The molecule has 0 fully saturated rings. The lowest BCUT2D eigenvalue weighted by atomic mass is 10.1. The Morgan fingerprint density at radius 1 is 1.37 bits per heavy atom. The van der Waals surface area contributed by atoms with Gasteiger partial charge in [-0.3, -0.25) is 14.9 Å². The van der Waals surface area contributed by atoms with Gasteiger partial charge in [0.1, 0.15) is 0 Å². The van der Waals surface area contributed by atoms with Gasteiger partial charge in [-0.25, -0.2) is 0 Å². The van der Waals surface area contributed by atoms with Crippen LogP contribution < -0.4 is 5.32 Å². The van der Waals surface area contributed by atoms with Gasteiger partial charge < -0.3 is 5.32 Å². The molecule has 0 aliphatic carbocycles. The van der Waals surface area contributed by atoms with Crippen LogP contribution in [0.3, 0.4) is 0 Å². The zero-order chi connectivity index (χ0) is 14.0. The van der Waals surface area contributed by atoms with Gasteiger partial charge in [-0.1, -0.05) is 0 Å². The summed E-state index contributed by atoms with van der Waals surface area (Å²) in [7, 11) is 0. The molecule has 0 saturated carbocycles. The third-order valence-electron chi connectivity index (χ3n) is 2.83. The molecule has 5 heteroatoms. The molecular formula is C14H18N4O. The van der Waals surface area contributed by atoms with Gasteiger partial charge in [0.2, 0.25) is 0 Å². The number of carbonyl (C=O) groups is 1. The lowest BCUT2D eigenvalue weighted by Gasteiger charge is -2.09. The summed E-state index contributed by atoms with van der Waals surface area (Å²) in [5, 5.41) is 9.95. The minimum absolute atomic E-state index is 0.0857. The monoisotopic (exact) mass is 258 g/mol. The van der Waals surface area contributed by atoms with E-state index >= 15 is 0 Å². The van der Waals surface area contributed by atoms with E-state index < -0.39 is 0 Å². The Bertz CT molecular complexity index is 582. The van der Waals surface area contributed by atoms with Crippen LogP contribution in [0.2, 0.25) is 0 Å². The summed E-state index contributed by atoms with van der Waals surface area (Å²) >= 11 is 0. The average molecular weight is 258 g/mol. The molecular weight excluding hydrogens is 240 g/mol. The lowest BCUT2D eigenvalue weighted by Crippen LogP contribution is -2.30. The van der Waals surface area contributed by atoms with Gasteiger partial charge in [0.05, 0.1) is 11.4 Å². The molecule has 100 valence electrons. The molecule has 0 bridgehead atoms. The molecule has 0 spiro atoms. The first-order valence-electron chi connectivity index (χ1n) is 6.28. The van der Waals surface area contributed by atoms with Crippen molar-refractivity contribution in [1.82, 2.24) is 20.5 Å². The predicted molar refractivity (Wildman–Crippen MR) is 73.9 cm³/mol. The second-order valence-corrected chi connectivity index (χ2v) is 4.87. The summed E-state index contributed by atoms with van der Waals surface area (Å²) in [6, 6.07) is 3.62. The Labute approximate surface area is 112 Å². The van der Waals surface area contributed by atoms with Crippen molar-refractivity contribution in [3.63, 3.8) is 0 Å². The molecule has 0 aromatic carbocycles. The van der Waals surface area contributed by atoms with Crippen molar-refractivity contribution in [2.45, 2.75) is 33.7 Å². The summed E-state index contributed by atoms with van der Waals surface area (Å²) in [6.07, 6.45) is 1.65.